The second-order valence-electron chi connectivity index (χ2n) is 4.68. The highest BCUT2D eigenvalue weighted by Crippen LogP contribution is 2.14. The molecule has 17 heavy (non-hydrogen) atoms. The van der Waals surface area contributed by atoms with Crippen LogP contribution in [0.4, 0.5) is 0 Å². The van der Waals surface area contributed by atoms with Crippen LogP contribution in [0.3, 0.4) is 0 Å². The zero-order chi connectivity index (χ0) is 13.1. The van der Waals surface area contributed by atoms with E-state index < -0.39 is 5.97 Å². The highest BCUT2D eigenvalue weighted by Gasteiger charge is 2.18. The van der Waals surface area contributed by atoms with Gasteiger partial charge in [0.25, 0.3) is 0 Å². The Bertz CT molecular complexity index is 191. The Morgan fingerprint density at radius 1 is 1.06 bits per heavy atom. The number of carboxylic acids is 1. The average molecular weight is 243 g/mol. The number of hydrogen-bond donors (Lipinski definition) is 1. The van der Waals surface area contributed by atoms with Gasteiger partial charge in [0.1, 0.15) is 0 Å². The molecular formula is C14H29NO2. The summed E-state index contributed by atoms with van der Waals surface area (Å²) in [5.41, 5.74) is 0. The van der Waals surface area contributed by atoms with Crippen molar-refractivity contribution in [3.8, 4) is 0 Å². The molecule has 0 fully saturated rings. The number of unbranched alkanes of at least 4 members (excludes halogenated alkanes) is 4. The summed E-state index contributed by atoms with van der Waals surface area (Å²) in [7, 11) is 0. The van der Waals surface area contributed by atoms with Crippen molar-refractivity contribution in [1.82, 2.24) is 4.90 Å². The van der Waals surface area contributed by atoms with Crippen LogP contribution < -0.4 is 0 Å². The number of carbonyl (C=O) groups is 1. The van der Waals surface area contributed by atoms with Gasteiger partial charge in [0.05, 0.1) is 6.42 Å². The number of hydrogen-bond acceptors (Lipinski definition) is 2. The SMILES string of the molecule is CCCCCCCC(CC(=O)O)N(CC)CC. The Hall–Kier alpha value is -0.570. The van der Waals surface area contributed by atoms with Crippen LogP contribution in [-0.2, 0) is 4.79 Å². The molecule has 102 valence electrons. The van der Waals surface area contributed by atoms with Gasteiger partial charge < -0.3 is 10.0 Å². The molecule has 0 aromatic heterocycles. The van der Waals surface area contributed by atoms with Gasteiger partial charge in [0.15, 0.2) is 0 Å². The first kappa shape index (κ1) is 16.4. The van der Waals surface area contributed by atoms with Gasteiger partial charge >= 0.3 is 5.97 Å². The Kier molecular flexibility index (Phi) is 10.2. The van der Waals surface area contributed by atoms with Crippen molar-refractivity contribution in [2.24, 2.45) is 0 Å². The fourth-order valence-corrected chi connectivity index (χ4v) is 2.34. The molecule has 0 amide bonds. The highest BCUT2D eigenvalue weighted by molar-refractivity contribution is 5.67. The summed E-state index contributed by atoms with van der Waals surface area (Å²) in [6, 6.07) is 0.226. The largest absolute Gasteiger partial charge is 0.481 e. The Balaban J connectivity index is 3.96. The minimum Gasteiger partial charge on any atom is -0.481 e. The number of carboxylic acid groups (broad SMARTS) is 1. The highest BCUT2D eigenvalue weighted by atomic mass is 16.4. The molecule has 0 rings (SSSR count). The third kappa shape index (κ3) is 8.19. The minimum atomic E-state index is -0.671. The molecule has 0 heterocycles. The van der Waals surface area contributed by atoms with Crippen molar-refractivity contribution >= 4 is 5.97 Å². The molecule has 1 N–H and O–H groups in total. The lowest BCUT2D eigenvalue weighted by atomic mass is 10.0. The van der Waals surface area contributed by atoms with Gasteiger partial charge in [-0.2, -0.15) is 0 Å². The quantitative estimate of drug-likeness (QED) is 0.564. The maximum absolute atomic E-state index is 10.9. The number of nitrogens with zero attached hydrogens (tertiary/aromatic N) is 1. The van der Waals surface area contributed by atoms with Crippen LogP contribution in [0.5, 0.6) is 0 Å². The van der Waals surface area contributed by atoms with Crippen LogP contribution in [0.2, 0.25) is 0 Å². The lowest BCUT2D eigenvalue weighted by Crippen LogP contribution is -2.36. The van der Waals surface area contributed by atoms with Gasteiger partial charge in [-0.15, -0.1) is 0 Å². The van der Waals surface area contributed by atoms with Gasteiger partial charge in [-0.1, -0.05) is 52.9 Å². The molecule has 0 saturated carbocycles. The maximum Gasteiger partial charge on any atom is 0.304 e. The van der Waals surface area contributed by atoms with E-state index in [2.05, 4.69) is 25.7 Å². The van der Waals surface area contributed by atoms with E-state index in [0.29, 0.717) is 0 Å². The molecule has 0 aromatic carbocycles. The first-order valence-corrected chi connectivity index (χ1v) is 7.11. The Labute approximate surface area is 106 Å². The lowest BCUT2D eigenvalue weighted by Gasteiger charge is -2.28. The van der Waals surface area contributed by atoms with Crippen LogP contribution in [0, 0.1) is 0 Å². The van der Waals surface area contributed by atoms with Crippen LogP contribution in [0.1, 0.15) is 65.7 Å². The molecule has 0 bridgehead atoms. The zero-order valence-corrected chi connectivity index (χ0v) is 11.7. The van der Waals surface area contributed by atoms with Crippen LogP contribution >= 0.6 is 0 Å². The van der Waals surface area contributed by atoms with Gasteiger partial charge in [0, 0.05) is 6.04 Å². The molecule has 0 aromatic rings. The van der Waals surface area contributed by atoms with Crippen LogP contribution in [0.25, 0.3) is 0 Å². The van der Waals surface area contributed by atoms with Gasteiger partial charge in [-0.25, -0.2) is 0 Å². The van der Waals surface area contributed by atoms with Crippen molar-refractivity contribution < 1.29 is 9.90 Å². The molecular weight excluding hydrogens is 214 g/mol. The van der Waals surface area contributed by atoms with E-state index in [9.17, 15) is 4.79 Å². The second-order valence-corrected chi connectivity index (χ2v) is 4.68. The molecule has 1 atom stereocenters. The predicted molar refractivity (Wildman–Crippen MR) is 72.3 cm³/mol. The topological polar surface area (TPSA) is 40.5 Å². The van der Waals surface area contributed by atoms with Crippen LogP contribution in [-0.4, -0.2) is 35.1 Å². The van der Waals surface area contributed by atoms with Crippen LogP contribution in [0.15, 0.2) is 0 Å². The normalized spacial score (nSPS) is 12.9. The Morgan fingerprint density at radius 2 is 1.65 bits per heavy atom. The van der Waals surface area contributed by atoms with E-state index in [-0.39, 0.29) is 12.5 Å². The average Bonchev–Trinajstić information content (AvgIpc) is 2.29. The van der Waals surface area contributed by atoms with E-state index in [1.807, 2.05) is 0 Å². The summed E-state index contributed by atoms with van der Waals surface area (Å²) in [5, 5.41) is 8.94. The fraction of sp³-hybridized carbons (Fsp3) is 0.929. The summed E-state index contributed by atoms with van der Waals surface area (Å²) in [4.78, 5) is 13.1. The minimum absolute atomic E-state index is 0.226. The van der Waals surface area contributed by atoms with Gasteiger partial charge in [-0.3, -0.25) is 4.79 Å². The summed E-state index contributed by atoms with van der Waals surface area (Å²) in [6.07, 6.45) is 7.56. The van der Waals surface area contributed by atoms with E-state index in [1.165, 1.54) is 25.7 Å². The third-order valence-electron chi connectivity index (χ3n) is 3.38. The third-order valence-corrected chi connectivity index (χ3v) is 3.38. The smallest absolute Gasteiger partial charge is 0.304 e. The predicted octanol–water partition coefficient (Wildman–Crippen LogP) is 3.53. The number of rotatable bonds is 11. The van der Waals surface area contributed by atoms with Gasteiger partial charge in [-0.05, 0) is 19.5 Å². The lowest BCUT2D eigenvalue weighted by molar-refractivity contribution is -0.138. The fourth-order valence-electron chi connectivity index (χ4n) is 2.34. The molecule has 1 unspecified atom stereocenters. The van der Waals surface area contributed by atoms with E-state index in [4.69, 9.17) is 5.11 Å². The van der Waals surface area contributed by atoms with E-state index in [1.54, 1.807) is 0 Å². The molecule has 3 heteroatoms. The first-order valence-electron chi connectivity index (χ1n) is 7.11. The summed E-state index contributed by atoms with van der Waals surface area (Å²) >= 11 is 0. The molecule has 3 nitrogen and oxygen atoms in total. The molecule has 0 aliphatic heterocycles. The number of aliphatic carboxylic acids is 1. The summed E-state index contributed by atoms with van der Waals surface area (Å²) in [6.45, 7) is 8.32. The molecule has 0 aliphatic carbocycles. The molecule has 0 aliphatic rings. The van der Waals surface area contributed by atoms with Crippen molar-refractivity contribution in [2.75, 3.05) is 13.1 Å². The van der Waals surface area contributed by atoms with Crippen molar-refractivity contribution in [3.05, 3.63) is 0 Å². The molecule has 0 spiro atoms. The standard InChI is InChI=1S/C14H29NO2/c1-4-7-8-9-10-11-13(12-14(16)17)15(5-2)6-3/h13H,4-12H2,1-3H3,(H,16,17). The van der Waals surface area contributed by atoms with Crippen molar-refractivity contribution in [3.63, 3.8) is 0 Å². The van der Waals surface area contributed by atoms with Crippen molar-refractivity contribution in [1.29, 1.82) is 0 Å². The Morgan fingerprint density at radius 3 is 2.12 bits per heavy atom. The maximum atomic E-state index is 10.9. The monoisotopic (exact) mass is 243 g/mol. The van der Waals surface area contributed by atoms with Crippen molar-refractivity contribution in [2.45, 2.75) is 71.8 Å². The van der Waals surface area contributed by atoms with Gasteiger partial charge in [0.2, 0.25) is 0 Å². The summed E-state index contributed by atoms with van der Waals surface area (Å²) < 4.78 is 0. The summed E-state index contributed by atoms with van der Waals surface area (Å²) in [5.74, 6) is -0.671. The first-order chi connectivity index (χ1) is 8.15. The zero-order valence-electron chi connectivity index (χ0n) is 11.7. The second kappa shape index (κ2) is 10.6. The molecule has 0 radical (unpaired) electrons. The van der Waals surface area contributed by atoms with E-state index in [0.717, 1.165) is 25.9 Å². The molecule has 0 saturated heterocycles. The van der Waals surface area contributed by atoms with E-state index >= 15 is 0 Å².